The van der Waals surface area contributed by atoms with E-state index in [4.69, 9.17) is 13.9 Å². The number of rotatable bonds is 6. The molecule has 5 nitrogen and oxygen atoms in total. The molecule has 0 aliphatic rings. The highest BCUT2D eigenvalue weighted by atomic mass is 16.5. The molecule has 1 aromatic heterocycles. The van der Waals surface area contributed by atoms with Gasteiger partial charge < -0.3 is 19.2 Å². The number of ether oxygens (including phenoxy) is 2. The van der Waals surface area contributed by atoms with Crippen LogP contribution in [-0.2, 0) is 4.79 Å². The summed E-state index contributed by atoms with van der Waals surface area (Å²) in [6.07, 6.45) is 3.30. The number of allylic oxidation sites excluding steroid dienone is 1. The minimum absolute atomic E-state index is 0.198. The zero-order chi connectivity index (χ0) is 22.7. The number of para-hydroxylation sites is 2. The van der Waals surface area contributed by atoms with Gasteiger partial charge in [0.1, 0.15) is 17.1 Å². The monoisotopic (exact) mass is 427 g/mol. The summed E-state index contributed by atoms with van der Waals surface area (Å²) in [5.41, 5.74) is 5.94. The number of nitrogens with one attached hydrogen (secondary N) is 1. The van der Waals surface area contributed by atoms with Gasteiger partial charge in [0.2, 0.25) is 5.91 Å². The minimum atomic E-state index is -0.198. The van der Waals surface area contributed by atoms with E-state index in [0.717, 1.165) is 44.7 Å². The standard InChI is InChI=1S/C27H25NO4/c1-17-9-5-7-11-23(17)28-27(29)13-18(2)20-14-21-22(16-32-26(21)15-25(20)31-4)19-10-6-8-12-24(19)30-3/h5-16H,1-4H3,(H,28,29)/b18-13+. The quantitative estimate of drug-likeness (QED) is 0.358. The number of hydrogen-bond acceptors (Lipinski definition) is 4. The van der Waals surface area contributed by atoms with Crippen LogP contribution in [0.1, 0.15) is 18.1 Å². The van der Waals surface area contributed by atoms with Crippen LogP contribution >= 0.6 is 0 Å². The van der Waals surface area contributed by atoms with Gasteiger partial charge in [-0.3, -0.25) is 4.79 Å². The number of hydrogen-bond donors (Lipinski definition) is 1. The predicted octanol–water partition coefficient (Wildman–Crippen LogP) is 6.47. The maximum absolute atomic E-state index is 12.7. The van der Waals surface area contributed by atoms with Crippen LogP contribution in [0, 0.1) is 6.92 Å². The van der Waals surface area contributed by atoms with Crippen LogP contribution in [0.5, 0.6) is 11.5 Å². The van der Waals surface area contributed by atoms with Crippen molar-refractivity contribution in [1.29, 1.82) is 0 Å². The molecule has 0 saturated heterocycles. The number of fused-ring (bicyclic) bond motifs is 1. The van der Waals surface area contributed by atoms with E-state index in [1.807, 2.05) is 74.5 Å². The van der Waals surface area contributed by atoms with Crippen molar-refractivity contribution in [2.75, 3.05) is 19.5 Å². The first-order valence-corrected chi connectivity index (χ1v) is 10.3. The molecule has 32 heavy (non-hydrogen) atoms. The first-order chi connectivity index (χ1) is 15.5. The second-order valence-corrected chi connectivity index (χ2v) is 7.53. The van der Waals surface area contributed by atoms with Crippen LogP contribution in [0.2, 0.25) is 0 Å². The summed E-state index contributed by atoms with van der Waals surface area (Å²) < 4.78 is 16.9. The van der Waals surface area contributed by atoms with E-state index in [-0.39, 0.29) is 5.91 Å². The van der Waals surface area contributed by atoms with E-state index in [1.54, 1.807) is 26.6 Å². The van der Waals surface area contributed by atoms with Crippen LogP contribution < -0.4 is 14.8 Å². The fourth-order valence-electron chi connectivity index (χ4n) is 3.76. The molecule has 0 bridgehead atoms. The third-order valence-electron chi connectivity index (χ3n) is 5.47. The number of anilines is 1. The number of carbonyl (C=O) groups is 1. The van der Waals surface area contributed by atoms with Gasteiger partial charge in [0.05, 0.1) is 20.5 Å². The highest BCUT2D eigenvalue weighted by Gasteiger charge is 2.17. The van der Waals surface area contributed by atoms with Crippen molar-refractivity contribution >= 4 is 28.1 Å². The molecule has 0 fully saturated rings. The minimum Gasteiger partial charge on any atom is -0.496 e. The molecule has 0 unspecified atom stereocenters. The first kappa shape index (κ1) is 21.2. The molecule has 1 N–H and O–H groups in total. The third kappa shape index (κ3) is 4.10. The third-order valence-corrected chi connectivity index (χ3v) is 5.47. The lowest BCUT2D eigenvalue weighted by atomic mass is 9.98. The average molecular weight is 428 g/mol. The second kappa shape index (κ2) is 9.02. The van der Waals surface area contributed by atoms with Crippen molar-refractivity contribution in [3.05, 3.63) is 84.1 Å². The Morgan fingerprint density at radius 1 is 0.938 bits per heavy atom. The van der Waals surface area contributed by atoms with Gasteiger partial charge in [0.15, 0.2) is 0 Å². The number of amides is 1. The molecule has 5 heteroatoms. The summed E-state index contributed by atoms with van der Waals surface area (Å²) in [6.45, 7) is 3.85. The van der Waals surface area contributed by atoms with Crippen molar-refractivity contribution in [2.24, 2.45) is 0 Å². The zero-order valence-corrected chi connectivity index (χ0v) is 18.6. The molecule has 0 atom stereocenters. The second-order valence-electron chi connectivity index (χ2n) is 7.53. The maximum Gasteiger partial charge on any atom is 0.248 e. The van der Waals surface area contributed by atoms with Crippen molar-refractivity contribution in [3.63, 3.8) is 0 Å². The topological polar surface area (TPSA) is 60.7 Å². The number of furan rings is 1. The molecule has 0 aliphatic heterocycles. The van der Waals surface area contributed by atoms with Crippen LogP contribution in [0.15, 0.2) is 77.4 Å². The lowest BCUT2D eigenvalue weighted by molar-refractivity contribution is -0.111. The Hall–Kier alpha value is -3.99. The molecule has 0 spiro atoms. The van der Waals surface area contributed by atoms with Crippen LogP contribution in [0.4, 0.5) is 5.69 Å². The van der Waals surface area contributed by atoms with Gasteiger partial charge >= 0.3 is 0 Å². The summed E-state index contributed by atoms with van der Waals surface area (Å²) in [4.78, 5) is 12.7. The Labute approximate surface area is 187 Å². The fourth-order valence-corrected chi connectivity index (χ4v) is 3.76. The van der Waals surface area contributed by atoms with Crippen molar-refractivity contribution in [3.8, 4) is 22.6 Å². The summed E-state index contributed by atoms with van der Waals surface area (Å²) in [6, 6.07) is 19.3. The maximum atomic E-state index is 12.7. The van der Waals surface area contributed by atoms with Crippen LogP contribution in [0.3, 0.4) is 0 Å². The van der Waals surface area contributed by atoms with Gasteiger partial charge in [-0.15, -0.1) is 0 Å². The predicted molar refractivity (Wildman–Crippen MR) is 128 cm³/mol. The van der Waals surface area contributed by atoms with Gasteiger partial charge in [0, 0.05) is 39.9 Å². The van der Waals surface area contributed by atoms with E-state index in [0.29, 0.717) is 11.3 Å². The zero-order valence-electron chi connectivity index (χ0n) is 18.6. The van der Waals surface area contributed by atoms with Crippen LogP contribution in [-0.4, -0.2) is 20.1 Å². The van der Waals surface area contributed by atoms with Gasteiger partial charge in [-0.1, -0.05) is 36.4 Å². The van der Waals surface area contributed by atoms with Gasteiger partial charge in [-0.05, 0) is 43.2 Å². The molecule has 162 valence electrons. The van der Waals surface area contributed by atoms with Crippen molar-refractivity contribution < 1.29 is 18.7 Å². The smallest absolute Gasteiger partial charge is 0.248 e. The molecule has 4 rings (SSSR count). The largest absolute Gasteiger partial charge is 0.496 e. The fraction of sp³-hybridized carbons (Fsp3) is 0.148. The Bertz CT molecular complexity index is 1320. The van der Waals surface area contributed by atoms with Crippen molar-refractivity contribution in [2.45, 2.75) is 13.8 Å². The Morgan fingerprint density at radius 3 is 2.41 bits per heavy atom. The number of aryl methyl sites for hydroxylation is 1. The number of methoxy groups -OCH3 is 2. The van der Waals surface area contributed by atoms with Crippen LogP contribution in [0.25, 0.3) is 27.7 Å². The van der Waals surface area contributed by atoms with E-state index in [9.17, 15) is 4.79 Å². The summed E-state index contributed by atoms with van der Waals surface area (Å²) in [5.74, 6) is 1.20. The highest BCUT2D eigenvalue weighted by molar-refractivity contribution is 6.05. The Balaban J connectivity index is 1.75. The first-order valence-electron chi connectivity index (χ1n) is 10.3. The number of benzene rings is 3. The molecule has 1 amide bonds. The lowest BCUT2D eigenvalue weighted by Gasteiger charge is -2.11. The molecule has 4 aromatic rings. The molecular formula is C27H25NO4. The van der Waals surface area contributed by atoms with Crippen molar-refractivity contribution in [1.82, 2.24) is 0 Å². The molecule has 0 radical (unpaired) electrons. The summed E-state index contributed by atoms with van der Waals surface area (Å²) >= 11 is 0. The SMILES string of the molecule is COc1cc2occ(-c3ccccc3OC)c2cc1/C(C)=C/C(=O)Nc1ccccc1C. The summed E-state index contributed by atoms with van der Waals surface area (Å²) in [7, 11) is 3.25. The van der Waals surface area contributed by atoms with E-state index in [2.05, 4.69) is 5.32 Å². The van der Waals surface area contributed by atoms with E-state index in [1.165, 1.54) is 0 Å². The Morgan fingerprint density at radius 2 is 1.66 bits per heavy atom. The molecular weight excluding hydrogens is 402 g/mol. The van der Waals surface area contributed by atoms with E-state index < -0.39 is 0 Å². The van der Waals surface area contributed by atoms with Gasteiger partial charge in [0.25, 0.3) is 0 Å². The number of carbonyl (C=O) groups excluding carboxylic acids is 1. The lowest BCUT2D eigenvalue weighted by Crippen LogP contribution is -2.09. The normalized spacial score (nSPS) is 11.4. The highest BCUT2D eigenvalue weighted by Crippen LogP contribution is 2.40. The Kier molecular flexibility index (Phi) is 5.99. The molecule has 0 saturated carbocycles. The van der Waals surface area contributed by atoms with E-state index >= 15 is 0 Å². The van der Waals surface area contributed by atoms with Gasteiger partial charge in [-0.25, -0.2) is 0 Å². The average Bonchev–Trinajstić information content (AvgIpc) is 3.22. The molecule has 1 heterocycles. The molecule has 3 aromatic carbocycles. The molecule has 0 aliphatic carbocycles. The summed E-state index contributed by atoms with van der Waals surface area (Å²) in [5, 5.41) is 3.86. The van der Waals surface area contributed by atoms with Gasteiger partial charge in [-0.2, -0.15) is 0 Å².